The number of hydrogen-bond donors (Lipinski definition) is 0. The zero-order chi connectivity index (χ0) is 21.8. The maximum Gasteiger partial charge on any atom is 0.410 e. The maximum absolute atomic E-state index is 12.4. The molecule has 8 nitrogen and oxygen atoms in total. The fourth-order valence-corrected chi connectivity index (χ4v) is 3.55. The molecular formula is C22H33N3O5. The highest BCUT2D eigenvalue weighted by Crippen LogP contribution is 2.35. The van der Waals surface area contributed by atoms with E-state index in [2.05, 4.69) is 6.92 Å². The quantitative estimate of drug-likeness (QED) is 0.479. The molecular weight excluding hydrogens is 386 g/mol. The van der Waals surface area contributed by atoms with Crippen molar-refractivity contribution in [3.8, 4) is 11.8 Å². The second-order valence-electron chi connectivity index (χ2n) is 8.39. The molecule has 166 valence electrons. The number of carbonyl (C=O) groups excluding carboxylic acids is 1. The third kappa shape index (κ3) is 6.09. The van der Waals surface area contributed by atoms with E-state index in [1.54, 1.807) is 17.9 Å². The van der Waals surface area contributed by atoms with Crippen LogP contribution in [0.2, 0.25) is 0 Å². The average Bonchev–Trinajstić information content (AvgIpc) is 2.62. The van der Waals surface area contributed by atoms with Crippen LogP contribution in [0.1, 0.15) is 65.5 Å². The van der Waals surface area contributed by atoms with Crippen LogP contribution in [0.25, 0.3) is 0 Å². The van der Waals surface area contributed by atoms with E-state index in [1.807, 2.05) is 26.8 Å². The second kappa shape index (κ2) is 10.3. The van der Waals surface area contributed by atoms with Crippen LogP contribution >= 0.6 is 0 Å². The Morgan fingerprint density at radius 2 is 2.07 bits per heavy atom. The Balaban J connectivity index is 0.00000450. The number of hydrogen-bond acceptors (Lipinski definition) is 6. The summed E-state index contributed by atoms with van der Waals surface area (Å²) in [6.07, 6.45) is 1.73. The predicted octanol–water partition coefficient (Wildman–Crippen LogP) is 5.22. The van der Waals surface area contributed by atoms with Crippen molar-refractivity contribution in [3.05, 3.63) is 33.4 Å². The first-order valence-corrected chi connectivity index (χ1v) is 9.90. The van der Waals surface area contributed by atoms with Gasteiger partial charge in [0.15, 0.2) is 5.56 Å². The largest absolute Gasteiger partial charge is 0.488 e. The third-order valence-electron chi connectivity index (χ3n) is 4.89. The van der Waals surface area contributed by atoms with Crippen LogP contribution in [0.15, 0.2) is 12.1 Å². The average molecular weight is 420 g/mol. The van der Waals surface area contributed by atoms with Gasteiger partial charge in [0.25, 0.3) is 5.69 Å². The van der Waals surface area contributed by atoms with Crippen LogP contribution in [0.5, 0.6) is 5.75 Å². The maximum atomic E-state index is 12.4. The minimum absolute atomic E-state index is 0. The SMILES string of the molecule is C.CCCC1CN(C(=O)OC(C)(C)C)CCC1Oc1c(C)ccc([N+](=O)[O-])c1C#N. The van der Waals surface area contributed by atoms with Crippen molar-refractivity contribution >= 4 is 11.8 Å². The van der Waals surface area contributed by atoms with E-state index >= 15 is 0 Å². The van der Waals surface area contributed by atoms with Crippen molar-refractivity contribution in [3.63, 3.8) is 0 Å². The molecule has 0 saturated carbocycles. The van der Waals surface area contributed by atoms with Crippen LogP contribution in [-0.4, -0.2) is 40.7 Å². The zero-order valence-corrected chi connectivity index (χ0v) is 17.7. The van der Waals surface area contributed by atoms with Crippen LogP contribution in [-0.2, 0) is 4.74 Å². The van der Waals surface area contributed by atoms with E-state index in [0.717, 1.165) is 12.8 Å². The Bertz CT molecular complexity index is 810. The predicted molar refractivity (Wildman–Crippen MR) is 115 cm³/mol. The minimum atomic E-state index is -0.570. The van der Waals surface area contributed by atoms with E-state index in [0.29, 0.717) is 25.1 Å². The number of nitro groups is 1. The summed E-state index contributed by atoms with van der Waals surface area (Å²) in [7, 11) is 0. The first-order valence-electron chi connectivity index (χ1n) is 9.90. The van der Waals surface area contributed by atoms with Crippen LogP contribution in [0.4, 0.5) is 10.5 Å². The molecule has 1 heterocycles. The summed E-state index contributed by atoms with van der Waals surface area (Å²) in [5.74, 6) is 0.310. The Kier molecular flexibility index (Phi) is 8.64. The van der Waals surface area contributed by atoms with Crippen LogP contribution < -0.4 is 4.74 Å². The Morgan fingerprint density at radius 1 is 1.40 bits per heavy atom. The highest BCUT2D eigenvalue weighted by molar-refractivity contribution is 5.68. The lowest BCUT2D eigenvalue weighted by molar-refractivity contribution is -0.385. The van der Waals surface area contributed by atoms with Crippen molar-refractivity contribution in [1.29, 1.82) is 5.26 Å². The monoisotopic (exact) mass is 419 g/mol. The van der Waals surface area contributed by atoms with Gasteiger partial charge in [0.05, 0.1) is 4.92 Å². The number of rotatable bonds is 5. The van der Waals surface area contributed by atoms with Crippen molar-refractivity contribution in [1.82, 2.24) is 4.90 Å². The molecule has 1 aromatic carbocycles. The number of ether oxygens (including phenoxy) is 2. The smallest absolute Gasteiger partial charge is 0.410 e. The molecule has 0 aromatic heterocycles. The van der Waals surface area contributed by atoms with E-state index in [1.165, 1.54) is 6.07 Å². The Hall–Kier alpha value is -2.82. The van der Waals surface area contributed by atoms with E-state index in [4.69, 9.17) is 9.47 Å². The molecule has 2 rings (SSSR count). The lowest BCUT2D eigenvalue weighted by Gasteiger charge is -2.39. The molecule has 1 saturated heterocycles. The van der Waals surface area contributed by atoms with Gasteiger partial charge >= 0.3 is 6.09 Å². The molecule has 1 amide bonds. The zero-order valence-electron chi connectivity index (χ0n) is 17.7. The number of carbonyl (C=O) groups is 1. The standard InChI is InChI=1S/C21H29N3O5.CH4/c1-6-7-15-13-23(20(25)29-21(3,4)5)11-10-18(15)28-19-14(2)8-9-17(24(26)27)16(19)12-22;/h8-9,15,18H,6-7,10-11,13H2,1-5H3;1H4. The summed E-state index contributed by atoms with van der Waals surface area (Å²) in [5, 5.41) is 20.8. The molecule has 1 aliphatic rings. The van der Waals surface area contributed by atoms with Crippen LogP contribution in [0.3, 0.4) is 0 Å². The molecule has 0 aliphatic carbocycles. The van der Waals surface area contributed by atoms with E-state index < -0.39 is 10.5 Å². The van der Waals surface area contributed by atoms with Crippen LogP contribution in [0, 0.1) is 34.3 Å². The molecule has 2 unspecified atom stereocenters. The molecule has 0 N–H and O–H groups in total. The first kappa shape index (κ1) is 25.2. The summed E-state index contributed by atoms with van der Waals surface area (Å²) in [4.78, 5) is 24.8. The molecule has 30 heavy (non-hydrogen) atoms. The fraction of sp³-hybridized carbons (Fsp3) is 0.636. The summed E-state index contributed by atoms with van der Waals surface area (Å²) < 4.78 is 11.7. The molecule has 2 atom stereocenters. The number of piperidine rings is 1. The number of nitrogens with zero attached hydrogens (tertiary/aromatic N) is 3. The molecule has 1 fully saturated rings. The fourth-order valence-electron chi connectivity index (χ4n) is 3.55. The topological polar surface area (TPSA) is 106 Å². The van der Waals surface area contributed by atoms with Gasteiger partial charge in [0.2, 0.25) is 0 Å². The number of nitriles is 1. The second-order valence-corrected chi connectivity index (χ2v) is 8.39. The van der Waals surface area contributed by atoms with Crippen molar-refractivity contribution in [2.75, 3.05) is 13.1 Å². The van der Waals surface area contributed by atoms with Gasteiger partial charge in [-0.3, -0.25) is 10.1 Å². The Morgan fingerprint density at radius 3 is 2.60 bits per heavy atom. The van der Waals surface area contributed by atoms with Gasteiger partial charge in [-0.15, -0.1) is 0 Å². The summed E-state index contributed by atoms with van der Waals surface area (Å²) in [5.41, 5.74) is -0.199. The van der Waals surface area contributed by atoms with Gasteiger partial charge in [-0.1, -0.05) is 20.8 Å². The molecule has 0 bridgehead atoms. The van der Waals surface area contributed by atoms with Gasteiger partial charge in [0.1, 0.15) is 23.5 Å². The van der Waals surface area contributed by atoms with Gasteiger partial charge in [0, 0.05) is 31.5 Å². The lowest BCUT2D eigenvalue weighted by atomic mass is 9.90. The summed E-state index contributed by atoms with van der Waals surface area (Å²) >= 11 is 0. The minimum Gasteiger partial charge on any atom is -0.488 e. The molecule has 8 heteroatoms. The number of nitro benzene ring substituents is 1. The summed E-state index contributed by atoms with van der Waals surface area (Å²) in [6.45, 7) is 10.3. The van der Waals surface area contributed by atoms with Crippen molar-refractivity contribution in [2.24, 2.45) is 5.92 Å². The van der Waals surface area contributed by atoms with E-state index in [9.17, 15) is 20.2 Å². The highest BCUT2D eigenvalue weighted by atomic mass is 16.6. The van der Waals surface area contributed by atoms with E-state index in [-0.39, 0.29) is 42.5 Å². The van der Waals surface area contributed by atoms with Gasteiger partial charge in [-0.05, 0) is 45.7 Å². The third-order valence-corrected chi connectivity index (χ3v) is 4.89. The van der Waals surface area contributed by atoms with Gasteiger partial charge in [-0.25, -0.2) is 4.79 Å². The first-order chi connectivity index (χ1) is 13.6. The lowest BCUT2D eigenvalue weighted by Crippen LogP contribution is -2.49. The number of aryl methyl sites for hydroxylation is 1. The molecule has 0 radical (unpaired) electrons. The summed E-state index contributed by atoms with van der Waals surface area (Å²) in [6, 6.07) is 4.85. The van der Waals surface area contributed by atoms with Crippen molar-refractivity contribution in [2.45, 2.75) is 73.0 Å². The van der Waals surface area contributed by atoms with Crippen molar-refractivity contribution < 1.29 is 19.2 Å². The van der Waals surface area contributed by atoms with Gasteiger partial charge < -0.3 is 14.4 Å². The molecule has 1 aliphatic heterocycles. The Labute approximate surface area is 178 Å². The highest BCUT2D eigenvalue weighted by Gasteiger charge is 2.35. The van der Waals surface area contributed by atoms with Gasteiger partial charge in [-0.2, -0.15) is 5.26 Å². The number of likely N-dealkylation sites (tertiary alicyclic amines) is 1. The number of benzene rings is 1. The molecule has 1 aromatic rings. The number of amides is 1. The molecule has 0 spiro atoms. The normalized spacial score (nSPS) is 18.7.